The van der Waals surface area contributed by atoms with E-state index in [4.69, 9.17) is 4.98 Å². The predicted octanol–water partition coefficient (Wildman–Crippen LogP) is 3.50. The number of nitrogens with one attached hydrogen (secondary N) is 1. The van der Waals surface area contributed by atoms with Crippen LogP contribution >= 0.6 is 11.3 Å². The Bertz CT molecular complexity index is 1070. The summed E-state index contributed by atoms with van der Waals surface area (Å²) in [4.78, 5) is 19.8. The zero-order valence-electron chi connectivity index (χ0n) is 15.1. The van der Waals surface area contributed by atoms with E-state index in [1.807, 2.05) is 47.4 Å². The Hall–Kier alpha value is -3.13. The molecule has 4 aromatic rings. The van der Waals surface area contributed by atoms with Gasteiger partial charge in [-0.25, -0.2) is 4.98 Å². The van der Waals surface area contributed by atoms with Crippen molar-refractivity contribution < 1.29 is 4.79 Å². The van der Waals surface area contributed by atoms with Gasteiger partial charge in [0.2, 0.25) is 5.82 Å². The summed E-state index contributed by atoms with van der Waals surface area (Å²) in [7, 11) is 0. The molecule has 1 saturated heterocycles. The Morgan fingerprint density at radius 1 is 1.14 bits per heavy atom. The molecule has 7 nitrogen and oxygen atoms in total. The molecule has 0 radical (unpaired) electrons. The summed E-state index contributed by atoms with van der Waals surface area (Å²) >= 11 is 1.74. The summed E-state index contributed by atoms with van der Waals surface area (Å²) in [6, 6.07) is 15.6. The standard InChI is InChI=1S/C20H18N6OS/c27-20(14-9-7-13(8-10-14)18-22-24-25-23-18)26-11-3-4-15(12-26)19-21-16-5-1-2-6-17(16)28-19/h1-2,5-10,15H,3-4,11-12H2,(H,22,23,24,25)/t15-/m0/s1. The van der Waals surface area contributed by atoms with Gasteiger partial charge in [0.25, 0.3) is 5.91 Å². The smallest absolute Gasteiger partial charge is 0.253 e. The molecule has 0 aliphatic carbocycles. The summed E-state index contributed by atoms with van der Waals surface area (Å²) in [5.74, 6) is 0.882. The van der Waals surface area contributed by atoms with Crippen LogP contribution in [-0.4, -0.2) is 49.5 Å². The van der Waals surface area contributed by atoms with Crippen LogP contribution in [0.1, 0.15) is 34.1 Å². The number of tetrazole rings is 1. The molecule has 3 heterocycles. The minimum absolute atomic E-state index is 0.0606. The van der Waals surface area contributed by atoms with E-state index in [9.17, 15) is 4.79 Å². The van der Waals surface area contributed by atoms with Gasteiger partial charge in [0.1, 0.15) is 0 Å². The number of aromatic amines is 1. The summed E-state index contributed by atoms with van der Waals surface area (Å²) < 4.78 is 1.21. The van der Waals surface area contributed by atoms with Gasteiger partial charge in [0.15, 0.2) is 0 Å². The number of H-pyrrole nitrogens is 1. The molecule has 1 fully saturated rings. The van der Waals surface area contributed by atoms with E-state index in [1.165, 1.54) is 4.70 Å². The number of nitrogens with zero attached hydrogens (tertiary/aromatic N) is 5. The number of hydrogen-bond acceptors (Lipinski definition) is 6. The lowest BCUT2D eigenvalue weighted by Crippen LogP contribution is -2.39. The van der Waals surface area contributed by atoms with E-state index in [0.29, 0.717) is 23.9 Å². The van der Waals surface area contributed by atoms with Crippen molar-refractivity contribution in [2.24, 2.45) is 0 Å². The highest BCUT2D eigenvalue weighted by Crippen LogP contribution is 2.33. The molecule has 0 unspecified atom stereocenters. The Labute approximate surface area is 165 Å². The van der Waals surface area contributed by atoms with E-state index in [-0.39, 0.29) is 5.91 Å². The van der Waals surface area contributed by atoms with Crippen molar-refractivity contribution in [1.29, 1.82) is 0 Å². The summed E-state index contributed by atoms with van der Waals surface area (Å²) in [6.45, 7) is 1.50. The highest BCUT2D eigenvalue weighted by Gasteiger charge is 2.27. The van der Waals surface area contributed by atoms with Crippen LogP contribution in [-0.2, 0) is 0 Å². The fraction of sp³-hybridized carbons (Fsp3) is 0.250. The molecule has 1 amide bonds. The van der Waals surface area contributed by atoms with E-state index < -0.39 is 0 Å². The van der Waals surface area contributed by atoms with Crippen LogP contribution in [0.5, 0.6) is 0 Å². The number of fused-ring (bicyclic) bond motifs is 1. The van der Waals surface area contributed by atoms with E-state index in [1.54, 1.807) is 11.3 Å². The van der Waals surface area contributed by atoms with Crippen molar-refractivity contribution in [2.75, 3.05) is 13.1 Å². The monoisotopic (exact) mass is 390 g/mol. The molecule has 5 rings (SSSR count). The van der Waals surface area contributed by atoms with Gasteiger partial charge in [-0.15, -0.1) is 21.5 Å². The number of para-hydroxylation sites is 1. The van der Waals surface area contributed by atoms with Crippen LogP contribution in [0.25, 0.3) is 21.6 Å². The largest absolute Gasteiger partial charge is 0.338 e. The maximum Gasteiger partial charge on any atom is 0.253 e. The second-order valence-electron chi connectivity index (χ2n) is 6.92. The normalized spacial score (nSPS) is 17.1. The van der Waals surface area contributed by atoms with E-state index in [0.717, 1.165) is 35.5 Å². The number of hydrogen-bond donors (Lipinski definition) is 1. The summed E-state index contributed by atoms with van der Waals surface area (Å²) in [6.07, 6.45) is 2.06. The minimum Gasteiger partial charge on any atom is -0.338 e. The van der Waals surface area contributed by atoms with Gasteiger partial charge in [-0.05, 0) is 42.3 Å². The van der Waals surface area contributed by atoms with Gasteiger partial charge in [0, 0.05) is 30.1 Å². The van der Waals surface area contributed by atoms with Crippen molar-refractivity contribution in [1.82, 2.24) is 30.5 Å². The molecule has 1 aliphatic rings. The number of aromatic nitrogens is 5. The quantitative estimate of drug-likeness (QED) is 0.578. The van der Waals surface area contributed by atoms with Crippen LogP contribution in [0.2, 0.25) is 0 Å². The lowest BCUT2D eigenvalue weighted by Gasteiger charge is -2.32. The first kappa shape index (κ1) is 17.0. The molecule has 1 N–H and O–H groups in total. The highest BCUT2D eigenvalue weighted by molar-refractivity contribution is 7.18. The number of carbonyl (C=O) groups excluding carboxylic acids is 1. The number of likely N-dealkylation sites (tertiary alicyclic amines) is 1. The van der Waals surface area contributed by atoms with Crippen LogP contribution in [0, 0.1) is 0 Å². The molecule has 0 bridgehead atoms. The zero-order valence-corrected chi connectivity index (χ0v) is 15.9. The Kier molecular flexibility index (Phi) is 4.32. The van der Waals surface area contributed by atoms with Gasteiger partial charge >= 0.3 is 0 Å². The Morgan fingerprint density at radius 3 is 2.79 bits per heavy atom. The number of thiazole rings is 1. The topological polar surface area (TPSA) is 87.7 Å². The number of carbonyl (C=O) groups is 1. The molecule has 1 atom stereocenters. The molecule has 1 aliphatic heterocycles. The van der Waals surface area contributed by atoms with Crippen molar-refractivity contribution in [3.63, 3.8) is 0 Å². The first-order valence-electron chi connectivity index (χ1n) is 9.26. The van der Waals surface area contributed by atoms with Crippen molar-refractivity contribution in [2.45, 2.75) is 18.8 Å². The van der Waals surface area contributed by atoms with Gasteiger partial charge in [-0.2, -0.15) is 5.21 Å². The summed E-state index contributed by atoms with van der Waals surface area (Å²) in [5.41, 5.74) is 2.55. The number of amides is 1. The lowest BCUT2D eigenvalue weighted by atomic mass is 9.98. The third-order valence-corrected chi connectivity index (χ3v) is 6.30. The van der Waals surface area contributed by atoms with Gasteiger partial charge in [-0.1, -0.05) is 24.3 Å². The Morgan fingerprint density at radius 2 is 2.00 bits per heavy atom. The molecule has 0 saturated carbocycles. The lowest BCUT2D eigenvalue weighted by molar-refractivity contribution is 0.0707. The van der Waals surface area contributed by atoms with Crippen molar-refractivity contribution >= 4 is 27.5 Å². The molecule has 8 heteroatoms. The Balaban J connectivity index is 1.33. The SMILES string of the molecule is O=C(c1ccc(-c2nn[nH]n2)cc1)N1CCC[C@H](c2nc3ccccc3s2)C1. The molecule has 2 aromatic heterocycles. The maximum atomic E-state index is 13.0. The average molecular weight is 390 g/mol. The number of rotatable bonds is 3. The number of benzene rings is 2. The molecular formula is C20H18N6OS. The third kappa shape index (κ3) is 3.16. The fourth-order valence-corrected chi connectivity index (χ4v) is 4.75. The second-order valence-corrected chi connectivity index (χ2v) is 7.99. The second kappa shape index (κ2) is 7.12. The van der Waals surface area contributed by atoms with E-state index >= 15 is 0 Å². The summed E-state index contributed by atoms with van der Waals surface area (Å²) in [5, 5.41) is 15.1. The van der Waals surface area contributed by atoms with Crippen molar-refractivity contribution in [3.8, 4) is 11.4 Å². The van der Waals surface area contributed by atoms with Gasteiger partial charge in [0.05, 0.1) is 15.2 Å². The van der Waals surface area contributed by atoms with Crippen LogP contribution in [0.4, 0.5) is 0 Å². The maximum absolute atomic E-state index is 13.0. The fourth-order valence-electron chi connectivity index (χ4n) is 3.66. The van der Waals surface area contributed by atoms with E-state index in [2.05, 4.69) is 26.7 Å². The van der Waals surface area contributed by atoms with Crippen LogP contribution in [0.15, 0.2) is 48.5 Å². The van der Waals surface area contributed by atoms with Gasteiger partial charge in [-0.3, -0.25) is 4.79 Å². The molecule has 0 spiro atoms. The zero-order chi connectivity index (χ0) is 18.9. The van der Waals surface area contributed by atoms with Gasteiger partial charge < -0.3 is 4.90 Å². The van der Waals surface area contributed by atoms with Crippen LogP contribution < -0.4 is 0 Å². The van der Waals surface area contributed by atoms with Crippen LogP contribution in [0.3, 0.4) is 0 Å². The number of piperidine rings is 1. The highest BCUT2D eigenvalue weighted by atomic mass is 32.1. The minimum atomic E-state index is 0.0606. The first-order chi connectivity index (χ1) is 13.8. The molecular weight excluding hydrogens is 372 g/mol. The molecule has 2 aromatic carbocycles. The molecule has 140 valence electrons. The first-order valence-corrected chi connectivity index (χ1v) is 10.1. The average Bonchev–Trinajstić information content (AvgIpc) is 3.43. The molecule has 28 heavy (non-hydrogen) atoms. The van der Waals surface area contributed by atoms with Crippen molar-refractivity contribution in [3.05, 3.63) is 59.1 Å². The predicted molar refractivity (Wildman–Crippen MR) is 107 cm³/mol. The third-order valence-electron chi connectivity index (χ3n) is 5.10.